The molecule has 0 aromatic heterocycles. The molecular formula is C22H15Cl5N4O3. The third-order valence-corrected chi connectivity index (χ3v) is 7.45. The van der Waals surface area contributed by atoms with Crippen LogP contribution in [0.5, 0.6) is 0 Å². The maximum absolute atomic E-state index is 12.9. The van der Waals surface area contributed by atoms with Gasteiger partial charge in [0.25, 0.3) is 11.8 Å². The molecule has 34 heavy (non-hydrogen) atoms. The van der Waals surface area contributed by atoms with E-state index in [-0.39, 0.29) is 16.3 Å². The van der Waals surface area contributed by atoms with Gasteiger partial charge < -0.3 is 5.32 Å². The lowest BCUT2D eigenvalue weighted by atomic mass is 10.1. The summed E-state index contributed by atoms with van der Waals surface area (Å²) in [6, 6.07) is 11.0. The Labute approximate surface area is 219 Å². The second-order valence-electron chi connectivity index (χ2n) is 8.12. The average molecular weight is 561 g/mol. The van der Waals surface area contributed by atoms with Crippen LogP contribution < -0.4 is 16.2 Å². The van der Waals surface area contributed by atoms with Gasteiger partial charge in [-0.25, -0.2) is 0 Å². The van der Waals surface area contributed by atoms with Crippen molar-refractivity contribution in [3.05, 3.63) is 62.6 Å². The number of hydrazine groups is 1. The summed E-state index contributed by atoms with van der Waals surface area (Å²) in [7, 11) is 0. The maximum Gasteiger partial charge on any atom is 0.271 e. The van der Waals surface area contributed by atoms with Crippen LogP contribution in [0.3, 0.4) is 0 Å². The Morgan fingerprint density at radius 2 is 1.62 bits per heavy atom. The summed E-state index contributed by atoms with van der Waals surface area (Å²) in [5.74, 6) is -3.11. The highest BCUT2D eigenvalue weighted by Crippen LogP contribution is 2.65. The number of nitrogens with one attached hydrogen (secondary N) is 3. The van der Waals surface area contributed by atoms with E-state index >= 15 is 0 Å². The molecule has 2 aliphatic carbocycles. The van der Waals surface area contributed by atoms with Crippen molar-refractivity contribution in [2.24, 2.45) is 11.3 Å². The maximum atomic E-state index is 12.9. The molecule has 2 aliphatic rings. The number of nitriles is 1. The highest BCUT2D eigenvalue weighted by Gasteiger charge is 2.67. The molecule has 0 saturated heterocycles. The molecule has 7 nitrogen and oxygen atoms in total. The number of nitrogens with zero attached hydrogens (tertiary/aromatic N) is 1. The van der Waals surface area contributed by atoms with Crippen molar-refractivity contribution in [3.8, 4) is 6.07 Å². The van der Waals surface area contributed by atoms with Crippen LogP contribution in [-0.4, -0.2) is 22.1 Å². The highest BCUT2D eigenvalue weighted by molar-refractivity contribution is 6.53. The zero-order chi connectivity index (χ0) is 24.8. The molecule has 2 aromatic rings. The quantitative estimate of drug-likeness (QED) is 0.343. The summed E-state index contributed by atoms with van der Waals surface area (Å²) in [5.41, 5.74) is 4.25. The Hall–Kier alpha value is -2.21. The Balaban J connectivity index is 1.44. The van der Waals surface area contributed by atoms with E-state index in [1.807, 2.05) is 6.07 Å². The predicted octanol–water partition coefficient (Wildman–Crippen LogP) is 5.24. The summed E-state index contributed by atoms with van der Waals surface area (Å²) in [6.45, 7) is 0. The van der Waals surface area contributed by atoms with Gasteiger partial charge >= 0.3 is 0 Å². The molecule has 0 unspecified atom stereocenters. The minimum absolute atomic E-state index is 0.00134. The van der Waals surface area contributed by atoms with Gasteiger partial charge in [0.1, 0.15) is 9.75 Å². The van der Waals surface area contributed by atoms with Crippen molar-refractivity contribution in [2.45, 2.75) is 23.1 Å². The summed E-state index contributed by atoms with van der Waals surface area (Å²) in [6.07, 6.45) is 0.860. The van der Waals surface area contributed by atoms with E-state index in [2.05, 4.69) is 16.2 Å². The Kier molecular flexibility index (Phi) is 6.67. The van der Waals surface area contributed by atoms with Crippen LogP contribution in [0.1, 0.15) is 34.7 Å². The molecule has 0 bridgehead atoms. The second-order valence-corrected chi connectivity index (χ2v) is 10.8. The van der Waals surface area contributed by atoms with Gasteiger partial charge in [0, 0.05) is 21.7 Å². The van der Waals surface area contributed by atoms with Crippen molar-refractivity contribution < 1.29 is 14.4 Å². The Morgan fingerprint density at radius 3 is 2.21 bits per heavy atom. The standard InChI is InChI=1S/C22H15Cl5N4O3/c23-11-5-10(6-12(24)7-11)16-17(22(16,26)27)19(33)29-13-1-2-15(25)14(8-13)18(32)30-31-20(34)21(9-28)3-4-21/h1-2,5-8,16-17H,3-4H2,(H,29,33)(H,30,32)(H,31,34)/t16-,17+/m0/s1. The van der Waals surface area contributed by atoms with Crippen LogP contribution in [0.25, 0.3) is 0 Å². The Bertz CT molecular complexity index is 1240. The molecule has 2 atom stereocenters. The van der Waals surface area contributed by atoms with Crippen molar-refractivity contribution in [2.75, 3.05) is 5.32 Å². The Morgan fingerprint density at radius 1 is 0.971 bits per heavy atom. The number of amides is 3. The molecule has 0 heterocycles. The minimum Gasteiger partial charge on any atom is -0.326 e. The number of alkyl halides is 2. The predicted molar refractivity (Wildman–Crippen MR) is 130 cm³/mol. The van der Waals surface area contributed by atoms with Crippen molar-refractivity contribution in [1.82, 2.24) is 10.9 Å². The van der Waals surface area contributed by atoms with Crippen molar-refractivity contribution in [1.29, 1.82) is 5.26 Å². The lowest BCUT2D eigenvalue weighted by Crippen LogP contribution is -2.45. The SMILES string of the molecule is N#CC1(C(=O)NNC(=O)c2cc(NC(=O)[C@H]3[C@H](c4cc(Cl)cc(Cl)c4)C3(Cl)Cl)ccc2Cl)CC1. The molecule has 4 rings (SSSR count). The lowest BCUT2D eigenvalue weighted by Gasteiger charge is -2.12. The molecule has 0 aliphatic heterocycles. The van der Waals surface area contributed by atoms with E-state index in [1.165, 1.54) is 18.2 Å². The number of benzene rings is 2. The first-order valence-electron chi connectivity index (χ1n) is 9.95. The molecule has 3 N–H and O–H groups in total. The van der Waals surface area contributed by atoms with Gasteiger partial charge in [-0.2, -0.15) is 5.26 Å². The van der Waals surface area contributed by atoms with Crippen LogP contribution in [0, 0.1) is 22.7 Å². The molecule has 2 fully saturated rings. The lowest BCUT2D eigenvalue weighted by molar-refractivity contribution is -0.125. The average Bonchev–Trinajstić information content (AvgIpc) is 3.67. The number of rotatable bonds is 5. The fourth-order valence-corrected chi connectivity index (χ4v) is 5.21. The van der Waals surface area contributed by atoms with Crippen molar-refractivity contribution in [3.63, 3.8) is 0 Å². The summed E-state index contributed by atoms with van der Waals surface area (Å²) >= 11 is 31.0. The van der Waals surface area contributed by atoms with Gasteiger partial charge in [0.2, 0.25) is 5.91 Å². The zero-order valence-corrected chi connectivity index (χ0v) is 20.9. The fraction of sp³-hybridized carbons (Fsp3) is 0.273. The number of anilines is 1. The molecule has 2 saturated carbocycles. The fourth-order valence-electron chi connectivity index (χ4n) is 3.63. The highest BCUT2D eigenvalue weighted by atomic mass is 35.5. The van der Waals surface area contributed by atoms with E-state index in [0.717, 1.165) is 0 Å². The van der Waals surface area contributed by atoms with Crippen LogP contribution in [0.2, 0.25) is 15.1 Å². The summed E-state index contributed by atoms with van der Waals surface area (Å²) < 4.78 is -1.37. The molecule has 12 heteroatoms. The molecule has 2 aromatic carbocycles. The first-order valence-corrected chi connectivity index (χ1v) is 11.8. The summed E-state index contributed by atoms with van der Waals surface area (Å²) in [4.78, 5) is 37.5. The van der Waals surface area contributed by atoms with Gasteiger partial charge in [0.15, 0.2) is 0 Å². The van der Waals surface area contributed by atoms with Gasteiger partial charge in [-0.1, -0.05) is 34.8 Å². The van der Waals surface area contributed by atoms with E-state index in [0.29, 0.717) is 28.5 Å². The topological polar surface area (TPSA) is 111 Å². The number of hydrogen-bond donors (Lipinski definition) is 3. The van der Waals surface area contributed by atoms with Crippen LogP contribution in [-0.2, 0) is 9.59 Å². The monoisotopic (exact) mass is 558 g/mol. The number of halogens is 5. The van der Waals surface area contributed by atoms with Crippen LogP contribution in [0.15, 0.2) is 36.4 Å². The minimum atomic E-state index is -1.37. The molecule has 176 valence electrons. The number of hydrogen-bond acceptors (Lipinski definition) is 4. The van der Waals surface area contributed by atoms with Gasteiger partial charge in [-0.3, -0.25) is 25.2 Å². The molecule has 0 spiro atoms. The smallest absolute Gasteiger partial charge is 0.271 e. The number of carbonyl (C=O) groups excluding carboxylic acids is 3. The summed E-state index contributed by atoms with van der Waals surface area (Å²) in [5, 5.41) is 12.6. The normalized spacial score (nSPS) is 21.1. The van der Waals surface area contributed by atoms with Gasteiger partial charge in [-0.15, -0.1) is 23.2 Å². The largest absolute Gasteiger partial charge is 0.326 e. The third kappa shape index (κ3) is 4.79. The molecular weight excluding hydrogens is 546 g/mol. The van der Waals surface area contributed by atoms with Crippen molar-refractivity contribution >= 4 is 81.4 Å². The van der Waals surface area contributed by atoms with E-state index in [9.17, 15) is 14.4 Å². The first kappa shape index (κ1) is 24.9. The van der Waals surface area contributed by atoms with Crippen LogP contribution >= 0.6 is 58.0 Å². The third-order valence-electron chi connectivity index (χ3n) is 5.75. The van der Waals surface area contributed by atoms with E-state index in [1.54, 1.807) is 18.2 Å². The van der Waals surface area contributed by atoms with Crippen LogP contribution in [0.4, 0.5) is 5.69 Å². The van der Waals surface area contributed by atoms with E-state index < -0.39 is 39.3 Å². The zero-order valence-electron chi connectivity index (χ0n) is 17.1. The first-order chi connectivity index (χ1) is 16.0. The van der Waals surface area contributed by atoms with Gasteiger partial charge in [0.05, 0.1) is 22.6 Å². The molecule has 3 amide bonds. The van der Waals surface area contributed by atoms with E-state index in [4.69, 9.17) is 63.3 Å². The van der Waals surface area contributed by atoms with Gasteiger partial charge in [-0.05, 0) is 54.8 Å². The second kappa shape index (κ2) is 9.10. The number of carbonyl (C=O) groups is 3. The molecule has 0 radical (unpaired) electrons.